The third kappa shape index (κ3) is 2.99. The van der Waals surface area contributed by atoms with Crippen LogP contribution >= 0.6 is 11.8 Å². The number of carbonyl (C=O) groups is 2. The van der Waals surface area contributed by atoms with Crippen molar-refractivity contribution in [3.05, 3.63) is 59.7 Å². The van der Waals surface area contributed by atoms with E-state index < -0.39 is 0 Å². The lowest BCUT2D eigenvalue weighted by Gasteiger charge is -2.11. The first kappa shape index (κ1) is 14.7. The van der Waals surface area contributed by atoms with Crippen molar-refractivity contribution in [1.29, 1.82) is 0 Å². The molecular formula is C17H16N2O2S. The summed E-state index contributed by atoms with van der Waals surface area (Å²) in [5.74, 6) is -0.200. The molecule has 2 amide bonds. The minimum absolute atomic E-state index is 0.0322. The minimum Gasteiger partial charge on any atom is -0.355 e. The highest BCUT2D eigenvalue weighted by atomic mass is 32.2. The zero-order valence-electron chi connectivity index (χ0n) is 12.1. The van der Waals surface area contributed by atoms with Crippen molar-refractivity contribution in [3.63, 3.8) is 0 Å². The van der Waals surface area contributed by atoms with Crippen molar-refractivity contribution in [2.45, 2.75) is 16.6 Å². The lowest BCUT2D eigenvalue weighted by molar-refractivity contribution is -0.115. The number of carbonyl (C=O) groups excluding carboxylic acids is 2. The number of fused-ring (bicyclic) bond motifs is 1. The first-order valence-corrected chi connectivity index (χ1v) is 7.93. The molecule has 0 saturated heterocycles. The van der Waals surface area contributed by atoms with Crippen molar-refractivity contribution < 1.29 is 9.59 Å². The molecule has 0 fully saturated rings. The van der Waals surface area contributed by atoms with E-state index >= 15 is 0 Å². The quantitative estimate of drug-likeness (QED) is 0.916. The van der Waals surface area contributed by atoms with E-state index in [0.29, 0.717) is 11.3 Å². The van der Waals surface area contributed by atoms with Crippen LogP contribution in [0.2, 0.25) is 0 Å². The standard InChI is InChI=1S/C17H16N2O2S/c1-18-16(20)12-6-4-7-13(9-12)19-17(21)15-10-11-5-2-3-8-14(11)22-15/h2-9,15H,10H2,1H3,(H,18,20)(H,19,21)/t15-/m1/s1. The van der Waals surface area contributed by atoms with Gasteiger partial charge in [-0.3, -0.25) is 9.59 Å². The Labute approximate surface area is 133 Å². The van der Waals surface area contributed by atoms with Gasteiger partial charge in [0.15, 0.2) is 0 Å². The molecule has 2 N–H and O–H groups in total. The van der Waals surface area contributed by atoms with Gasteiger partial charge in [0, 0.05) is 23.2 Å². The lowest BCUT2D eigenvalue weighted by Crippen LogP contribution is -2.25. The van der Waals surface area contributed by atoms with Crippen LogP contribution < -0.4 is 10.6 Å². The molecule has 2 aromatic rings. The van der Waals surface area contributed by atoms with Crippen LogP contribution in [-0.2, 0) is 11.2 Å². The van der Waals surface area contributed by atoms with Crippen molar-refractivity contribution >= 4 is 29.3 Å². The zero-order valence-corrected chi connectivity index (χ0v) is 12.9. The summed E-state index contributed by atoms with van der Waals surface area (Å²) in [5, 5.41) is 5.35. The lowest BCUT2D eigenvalue weighted by atomic mass is 10.1. The number of hydrogen-bond acceptors (Lipinski definition) is 3. The number of benzene rings is 2. The summed E-state index contributed by atoms with van der Waals surface area (Å²) < 4.78 is 0. The monoisotopic (exact) mass is 312 g/mol. The van der Waals surface area contributed by atoms with Crippen molar-refractivity contribution in [2.75, 3.05) is 12.4 Å². The second kappa shape index (κ2) is 6.23. The van der Waals surface area contributed by atoms with Gasteiger partial charge >= 0.3 is 0 Å². The normalized spacial score (nSPS) is 16.0. The highest BCUT2D eigenvalue weighted by molar-refractivity contribution is 8.01. The summed E-state index contributed by atoms with van der Waals surface area (Å²) in [6.07, 6.45) is 0.738. The average molecular weight is 312 g/mol. The SMILES string of the molecule is CNC(=O)c1cccc(NC(=O)[C@H]2Cc3ccccc3S2)c1. The number of amides is 2. The van der Waals surface area contributed by atoms with Gasteiger partial charge in [0.1, 0.15) is 0 Å². The summed E-state index contributed by atoms with van der Waals surface area (Å²) in [6.45, 7) is 0. The molecule has 4 nitrogen and oxygen atoms in total. The van der Waals surface area contributed by atoms with Gasteiger partial charge in [-0.2, -0.15) is 0 Å². The Bertz CT molecular complexity index is 705. The first-order chi connectivity index (χ1) is 10.7. The van der Waals surface area contributed by atoms with E-state index in [1.165, 1.54) is 10.5 Å². The maximum atomic E-state index is 12.4. The predicted molar refractivity (Wildman–Crippen MR) is 88.3 cm³/mol. The number of rotatable bonds is 3. The fourth-order valence-corrected chi connectivity index (χ4v) is 3.63. The van der Waals surface area contributed by atoms with Gasteiger partial charge in [-0.25, -0.2) is 0 Å². The number of hydrogen-bond donors (Lipinski definition) is 2. The van der Waals surface area contributed by atoms with Crippen LogP contribution in [0.4, 0.5) is 5.69 Å². The molecule has 0 radical (unpaired) electrons. The molecule has 1 atom stereocenters. The van der Waals surface area contributed by atoms with Crippen LogP contribution in [0.25, 0.3) is 0 Å². The molecule has 2 aromatic carbocycles. The smallest absolute Gasteiger partial charge is 0.251 e. The van der Waals surface area contributed by atoms with Gasteiger partial charge in [0.25, 0.3) is 5.91 Å². The van der Waals surface area contributed by atoms with Gasteiger partial charge in [0.05, 0.1) is 5.25 Å². The Morgan fingerprint density at radius 3 is 2.73 bits per heavy atom. The molecule has 5 heteroatoms. The van der Waals surface area contributed by atoms with Crippen LogP contribution in [0.1, 0.15) is 15.9 Å². The van der Waals surface area contributed by atoms with Crippen molar-refractivity contribution in [2.24, 2.45) is 0 Å². The Morgan fingerprint density at radius 2 is 1.95 bits per heavy atom. The largest absolute Gasteiger partial charge is 0.355 e. The molecular weight excluding hydrogens is 296 g/mol. The second-order valence-electron chi connectivity index (χ2n) is 5.07. The number of thioether (sulfide) groups is 1. The molecule has 112 valence electrons. The Balaban J connectivity index is 1.69. The zero-order chi connectivity index (χ0) is 15.5. The third-order valence-corrected chi connectivity index (χ3v) is 4.88. The van der Waals surface area contributed by atoms with E-state index in [2.05, 4.69) is 16.7 Å². The Morgan fingerprint density at radius 1 is 1.14 bits per heavy atom. The van der Waals surface area contributed by atoms with Crippen LogP contribution in [0.3, 0.4) is 0 Å². The van der Waals surface area contributed by atoms with Gasteiger partial charge in [-0.1, -0.05) is 24.3 Å². The predicted octanol–water partition coefficient (Wildman–Crippen LogP) is 2.70. The van der Waals surface area contributed by atoms with Crippen molar-refractivity contribution in [3.8, 4) is 0 Å². The molecule has 1 aliphatic rings. The van der Waals surface area contributed by atoms with Crippen molar-refractivity contribution in [1.82, 2.24) is 5.32 Å². The summed E-state index contributed by atoms with van der Waals surface area (Å²) >= 11 is 1.59. The van der Waals surface area contributed by atoms with Gasteiger partial charge in [-0.05, 0) is 36.2 Å². The molecule has 0 unspecified atom stereocenters. The molecule has 0 saturated carbocycles. The summed E-state index contributed by atoms with van der Waals surface area (Å²) in [6, 6.07) is 15.0. The first-order valence-electron chi connectivity index (χ1n) is 7.05. The topological polar surface area (TPSA) is 58.2 Å². The highest BCUT2D eigenvalue weighted by Gasteiger charge is 2.28. The van der Waals surface area contributed by atoms with E-state index in [1.54, 1.807) is 43.1 Å². The summed E-state index contributed by atoms with van der Waals surface area (Å²) in [5.41, 5.74) is 2.39. The fraction of sp³-hybridized carbons (Fsp3) is 0.176. The van der Waals surface area contributed by atoms with E-state index in [-0.39, 0.29) is 17.1 Å². The van der Waals surface area contributed by atoms with E-state index in [4.69, 9.17) is 0 Å². The third-order valence-electron chi connectivity index (χ3n) is 3.56. The minimum atomic E-state index is -0.168. The number of anilines is 1. The number of nitrogens with one attached hydrogen (secondary N) is 2. The molecule has 1 heterocycles. The van der Waals surface area contributed by atoms with Crippen LogP contribution in [-0.4, -0.2) is 24.1 Å². The van der Waals surface area contributed by atoms with Gasteiger partial charge in [0.2, 0.25) is 5.91 Å². The van der Waals surface area contributed by atoms with E-state index in [0.717, 1.165) is 6.42 Å². The van der Waals surface area contributed by atoms with Crippen LogP contribution in [0.15, 0.2) is 53.4 Å². The molecule has 0 aromatic heterocycles. The summed E-state index contributed by atoms with van der Waals surface area (Å²) in [4.78, 5) is 25.2. The average Bonchev–Trinajstić information content (AvgIpc) is 2.98. The molecule has 0 aliphatic carbocycles. The molecule has 0 spiro atoms. The summed E-state index contributed by atoms with van der Waals surface area (Å²) in [7, 11) is 1.58. The van der Waals surface area contributed by atoms with Crippen LogP contribution in [0, 0.1) is 0 Å². The maximum Gasteiger partial charge on any atom is 0.251 e. The highest BCUT2D eigenvalue weighted by Crippen LogP contribution is 2.37. The van der Waals surface area contributed by atoms with E-state index in [9.17, 15) is 9.59 Å². The molecule has 3 rings (SSSR count). The fourth-order valence-electron chi connectivity index (χ4n) is 2.43. The Hall–Kier alpha value is -2.27. The van der Waals surface area contributed by atoms with Gasteiger partial charge in [-0.15, -0.1) is 11.8 Å². The Kier molecular flexibility index (Phi) is 4.15. The maximum absolute atomic E-state index is 12.4. The molecule has 1 aliphatic heterocycles. The van der Waals surface area contributed by atoms with Crippen LogP contribution in [0.5, 0.6) is 0 Å². The molecule has 22 heavy (non-hydrogen) atoms. The van der Waals surface area contributed by atoms with Gasteiger partial charge < -0.3 is 10.6 Å². The second-order valence-corrected chi connectivity index (χ2v) is 6.31. The molecule has 0 bridgehead atoms. The van der Waals surface area contributed by atoms with E-state index in [1.807, 2.05) is 18.2 Å².